The monoisotopic (exact) mass is 257 g/mol. The molecule has 0 aliphatic heterocycles. The Morgan fingerprint density at radius 2 is 2.18 bits per heavy atom. The number of aryl methyl sites for hydroxylation is 2. The maximum Gasteiger partial charge on any atom is 0.316 e. The zero-order valence-corrected chi connectivity index (χ0v) is 10.7. The summed E-state index contributed by atoms with van der Waals surface area (Å²) in [6, 6.07) is 0. The van der Waals surface area contributed by atoms with Crippen LogP contribution in [-0.4, -0.2) is 38.2 Å². The summed E-state index contributed by atoms with van der Waals surface area (Å²) in [5.74, 6) is -1.04. The molecule has 6 nitrogen and oxygen atoms in total. The third kappa shape index (κ3) is 3.77. The van der Waals surface area contributed by atoms with Crippen molar-refractivity contribution in [2.75, 3.05) is 11.1 Å². The van der Waals surface area contributed by atoms with E-state index in [1.54, 1.807) is 13.8 Å². The lowest BCUT2D eigenvalue weighted by atomic mass is 10.3. The number of rotatable bonds is 5. The molecule has 0 spiro atoms. The number of hydrogen-bond acceptors (Lipinski definition) is 4. The number of nitrogens with zero attached hydrogens (tertiary/aromatic N) is 1. The van der Waals surface area contributed by atoms with Crippen molar-refractivity contribution in [2.24, 2.45) is 0 Å². The number of anilines is 1. The predicted molar refractivity (Wildman–Crippen MR) is 66.2 cm³/mol. The van der Waals surface area contributed by atoms with Gasteiger partial charge in [-0.3, -0.25) is 14.7 Å². The molecule has 0 radical (unpaired) electrons. The zero-order chi connectivity index (χ0) is 13.0. The van der Waals surface area contributed by atoms with Gasteiger partial charge in [-0.15, -0.1) is 11.8 Å². The standard InChI is InChI=1S/C10H15N3O3S/c1-5-9(6(2)13-12-5)11-8(14)4-17-7(3)10(15)16/h7H,4H2,1-3H3,(H,11,14)(H,12,13)(H,15,16). The molecule has 3 N–H and O–H groups in total. The van der Waals surface area contributed by atoms with Gasteiger partial charge in [-0.25, -0.2) is 0 Å². The van der Waals surface area contributed by atoms with Crippen molar-refractivity contribution < 1.29 is 14.7 Å². The highest BCUT2D eigenvalue weighted by atomic mass is 32.2. The van der Waals surface area contributed by atoms with Crippen LogP contribution in [0.2, 0.25) is 0 Å². The lowest BCUT2D eigenvalue weighted by Gasteiger charge is -2.07. The number of amides is 1. The minimum atomic E-state index is -0.918. The lowest BCUT2D eigenvalue weighted by molar-refractivity contribution is -0.136. The molecule has 7 heteroatoms. The van der Waals surface area contributed by atoms with E-state index >= 15 is 0 Å². The maximum absolute atomic E-state index is 11.6. The normalized spacial score (nSPS) is 12.2. The van der Waals surface area contributed by atoms with Crippen LogP contribution in [0.5, 0.6) is 0 Å². The molecular formula is C10H15N3O3S. The Kier molecular flexibility index (Phi) is 4.56. The van der Waals surface area contributed by atoms with Gasteiger partial charge in [0.2, 0.25) is 5.91 Å². The van der Waals surface area contributed by atoms with Crippen LogP contribution >= 0.6 is 11.8 Å². The molecule has 1 heterocycles. The average Bonchev–Trinajstić information content (AvgIpc) is 2.57. The molecule has 0 saturated heterocycles. The highest BCUT2D eigenvalue weighted by Gasteiger charge is 2.15. The molecule has 17 heavy (non-hydrogen) atoms. The van der Waals surface area contributed by atoms with Gasteiger partial charge in [0, 0.05) is 0 Å². The fourth-order valence-electron chi connectivity index (χ4n) is 1.18. The number of thioether (sulfide) groups is 1. The van der Waals surface area contributed by atoms with Crippen LogP contribution in [0.1, 0.15) is 18.3 Å². The molecule has 0 bridgehead atoms. The smallest absolute Gasteiger partial charge is 0.316 e. The summed E-state index contributed by atoms with van der Waals surface area (Å²) >= 11 is 1.08. The number of aromatic nitrogens is 2. The lowest BCUT2D eigenvalue weighted by Crippen LogP contribution is -2.19. The van der Waals surface area contributed by atoms with E-state index in [0.717, 1.165) is 17.5 Å². The van der Waals surface area contributed by atoms with E-state index in [1.807, 2.05) is 6.92 Å². The number of aliphatic carboxylic acids is 1. The molecule has 0 aliphatic rings. The van der Waals surface area contributed by atoms with Gasteiger partial charge in [0.1, 0.15) is 0 Å². The van der Waals surface area contributed by atoms with E-state index in [4.69, 9.17) is 5.11 Å². The number of hydrogen-bond donors (Lipinski definition) is 3. The number of aromatic amines is 1. The van der Waals surface area contributed by atoms with Crippen LogP contribution in [-0.2, 0) is 9.59 Å². The molecule has 0 aromatic carbocycles. The van der Waals surface area contributed by atoms with Gasteiger partial charge >= 0.3 is 5.97 Å². The minimum Gasteiger partial charge on any atom is -0.480 e. The average molecular weight is 257 g/mol. The topological polar surface area (TPSA) is 95.1 Å². The number of carbonyl (C=O) groups excluding carboxylic acids is 1. The van der Waals surface area contributed by atoms with Gasteiger partial charge < -0.3 is 10.4 Å². The third-order valence-corrected chi connectivity index (χ3v) is 3.34. The number of carboxylic acid groups (broad SMARTS) is 1. The highest BCUT2D eigenvalue weighted by Crippen LogP contribution is 2.17. The van der Waals surface area contributed by atoms with E-state index in [9.17, 15) is 9.59 Å². The van der Waals surface area contributed by atoms with Gasteiger partial charge in [-0.05, 0) is 20.8 Å². The summed E-state index contributed by atoms with van der Waals surface area (Å²) in [6.45, 7) is 5.14. The molecule has 1 atom stereocenters. The zero-order valence-electron chi connectivity index (χ0n) is 9.90. The first-order valence-electron chi connectivity index (χ1n) is 5.07. The first-order chi connectivity index (χ1) is 7.91. The van der Waals surface area contributed by atoms with E-state index in [2.05, 4.69) is 15.5 Å². The number of carboxylic acids is 1. The van der Waals surface area contributed by atoms with Crippen LogP contribution in [0.25, 0.3) is 0 Å². The van der Waals surface area contributed by atoms with Gasteiger partial charge in [-0.2, -0.15) is 5.10 Å². The van der Waals surface area contributed by atoms with E-state index in [0.29, 0.717) is 11.4 Å². The van der Waals surface area contributed by atoms with E-state index in [-0.39, 0.29) is 11.7 Å². The van der Waals surface area contributed by atoms with Crippen LogP contribution < -0.4 is 5.32 Å². The molecule has 1 unspecified atom stereocenters. The number of nitrogens with one attached hydrogen (secondary N) is 2. The van der Waals surface area contributed by atoms with Crippen molar-refractivity contribution in [1.82, 2.24) is 10.2 Å². The van der Waals surface area contributed by atoms with Crippen molar-refractivity contribution in [2.45, 2.75) is 26.0 Å². The first-order valence-corrected chi connectivity index (χ1v) is 6.12. The van der Waals surface area contributed by atoms with Crippen molar-refractivity contribution >= 4 is 29.3 Å². The SMILES string of the molecule is Cc1n[nH]c(C)c1NC(=O)CSC(C)C(=O)O. The Balaban J connectivity index is 2.48. The fraction of sp³-hybridized carbons (Fsp3) is 0.500. The highest BCUT2D eigenvalue weighted by molar-refractivity contribution is 8.01. The number of carbonyl (C=O) groups is 2. The summed E-state index contributed by atoms with van der Waals surface area (Å²) in [5, 5.41) is 17.5. The fourth-order valence-corrected chi connectivity index (χ4v) is 1.80. The molecule has 1 aromatic rings. The van der Waals surface area contributed by atoms with Crippen molar-refractivity contribution in [3.05, 3.63) is 11.4 Å². The molecule has 1 aromatic heterocycles. The van der Waals surface area contributed by atoms with E-state index < -0.39 is 11.2 Å². The van der Waals surface area contributed by atoms with E-state index in [1.165, 1.54) is 0 Å². The Hall–Kier alpha value is -1.50. The van der Waals surface area contributed by atoms with Crippen LogP contribution in [0.15, 0.2) is 0 Å². The first kappa shape index (κ1) is 13.6. The summed E-state index contributed by atoms with van der Waals surface area (Å²) in [5.41, 5.74) is 2.16. The quantitative estimate of drug-likeness (QED) is 0.736. The molecule has 1 amide bonds. The van der Waals surface area contributed by atoms with Crippen LogP contribution in [0.4, 0.5) is 5.69 Å². The molecule has 0 saturated carbocycles. The van der Waals surface area contributed by atoms with Gasteiger partial charge in [0.15, 0.2) is 0 Å². The van der Waals surface area contributed by atoms with Crippen molar-refractivity contribution in [3.8, 4) is 0 Å². The van der Waals surface area contributed by atoms with Crippen LogP contribution in [0, 0.1) is 13.8 Å². The second-order valence-corrected chi connectivity index (χ2v) is 4.98. The second kappa shape index (κ2) is 5.72. The third-order valence-electron chi connectivity index (χ3n) is 2.20. The van der Waals surface area contributed by atoms with Crippen LogP contribution in [0.3, 0.4) is 0 Å². The Labute approximate surface area is 103 Å². The minimum absolute atomic E-state index is 0.109. The van der Waals surface area contributed by atoms with Gasteiger partial charge in [0.25, 0.3) is 0 Å². The van der Waals surface area contributed by atoms with Gasteiger partial charge in [-0.1, -0.05) is 0 Å². The Bertz CT molecular complexity index is 411. The van der Waals surface area contributed by atoms with Gasteiger partial charge in [0.05, 0.1) is 28.1 Å². The molecule has 1 rings (SSSR count). The molecular weight excluding hydrogens is 242 g/mol. The number of H-pyrrole nitrogens is 1. The summed E-state index contributed by atoms with van der Waals surface area (Å²) in [6.07, 6.45) is 0. The molecule has 94 valence electrons. The molecule has 0 fully saturated rings. The van der Waals surface area contributed by atoms with Crippen molar-refractivity contribution in [3.63, 3.8) is 0 Å². The largest absolute Gasteiger partial charge is 0.480 e. The summed E-state index contributed by atoms with van der Waals surface area (Å²) in [7, 11) is 0. The maximum atomic E-state index is 11.6. The second-order valence-electron chi connectivity index (χ2n) is 3.65. The summed E-state index contributed by atoms with van der Waals surface area (Å²) < 4.78 is 0. The Morgan fingerprint density at radius 3 is 2.65 bits per heavy atom. The summed E-state index contributed by atoms with van der Waals surface area (Å²) in [4.78, 5) is 22.1. The van der Waals surface area contributed by atoms with Crippen molar-refractivity contribution in [1.29, 1.82) is 0 Å². The predicted octanol–water partition coefficient (Wildman–Crippen LogP) is 1.17. The Morgan fingerprint density at radius 1 is 1.53 bits per heavy atom. The molecule has 0 aliphatic carbocycles.